The van der Waals surface area contributed by atoms with Gasteiger partial charge in [-0.3, -0.25) is 0 Å². The number of benzene rings is 5. The molecule has 33 heavy (non-hydrogen) atoms. The summed E-state index contributed by atoms with van der Waals surface area (Å²) >= 11 is 0. The van der Waals surface area contributed by atoms with Crippen molar-refractivity contribution >= 4 is 27.5 Å². The number of esters is 1. The molecule has 0 amide bonds. The minimum absolute atomic E-state index is 0.0807. The summed E-state index contributed by atoms with van der Waals surface area (Å²) in [5.41, 5.74) is -0.234. The van der Waals surface area contributed by atoms with Crippen molar-refractivity contribution in [1.29, 1.82) is 0 Å². The smallest absolute Gasteiger partial charge is 0.347 e. The predicted octanol–water partition coefficient (Wildman–Crippen LogP) is 6.18. The Labute approximate surface area is 191 Å². The SMILES string of the molecule is C[C@@](O)(C(=O)Oc1ccc2ccccc2c1-c1c(O)ccc2ccccc12)c1ccccc1. The number of aromatic hydroxyl groups is 1. The minimum atomic E-state index is -1.84. The summed E-state index contributed by atoms with van der Waals surface area (Å²) in [5, 5.41) is 25.5. The van der Waals surface area contributed by atoms with Crippen molar-refractivity contribution in [2.45, 2.75) is 12.5 Å². The van der Waals surface area contributed by atoms with Gasteiger partial charge in [-0.05, 0) is 46.2 Å². The molecule has 0 bridgehead atoms. The number of rotatable bonds is 4. The van der Waals surface area contributed by atoms with Gasteiger partial charge >= 0.3 is 5.97 Å². The third-order valence-corrected chi connectivity index (χ3v) is 5.98. The second kappa shape index (κ2) is 8.08. The van der Waals surface area contributed by atoms with E-state index in [0.29, 0.717) is 16.7 Å². The van der Waals surface area contributed by atoms with Gasteiger partial charge in [0.25, 0.3) is 0 Å². The van der Waals surface area contributed by atoms with Gasteiger partial charge < -0.3 is 14.9 Å². The Balaban J connectivity index is 1.72. The lowest BCUT2D eigenvalue weighted by molar-refractivity contribution is -0.154. The number of ether oxygens (including phenoxy) is 1. The van der Waals surface area contributed by atoms with E-state index in [0.717, 1.165) is 21.5 Å². The lowest BCUT2D eigenvalue weighted by Gasteiger charge is -2.23. The standard InChI is InChI=1S/C29H22O4/c1-29(32,21-11-3-2-4-12-21)28(31)33-25-18-16-20-10-6-8-14-23(20)27(25)26-22-13-7-5-9-19(22)15-17-24(26)30/h2-18,30,32H,1H3/t29-/m0/s1. The highest BCUT2D eigenvalue weighted by molar-refractivity contribution is 6.10. The van der Waals surface area contributed by atoms with Crippen molar-refractivity contribution in [2.75, 3.05) is 0 Å². The highest BCUT2D eigenvalue weighted by Crippen LogP contribution is 2.45. The lowest BCUT2D eigenvalue weighted by Crippen LogP contribution is -2.36. The summed E-state index contributed by atoms with van der Waals surface area (Å²) in [4.78, 5) is 13.2. The molecule has 5 aromatic rings. The zero-order valence-corrected chi connectivity index (χ0v) is 18.0. The second-order valence-electron chi connectivity index (χ2n) is 8.17. The molecule has 4 nitrogen and oxygen atoms in total. The largest absolute Gasteiger partial charge is 0.507 e. The van der Waals surface area contributed by atoms with Gasteiger partial charge in [0, 0.05) is 11.1 Å². The Kier molecular flexibility index (Phi) is 5.08. The summed E-state index contributed by atoms with van der Waals surface area (Å²) in [5.74, 6) is -0.455. The first kappa shape index (κ1) is 20.7. The van der Waals surface area contributed by atoms with Gasteiger partial charge in [-0.15, -0.1) is 0 Å². The molecule has 5 rings (SSSR count). The van der Waals surface area contributed by atoms with Gasteiger partial charge in [-0.1, -0.05) is 91.0 Å². The average Bonchev–Trinajstić information content (AvgIpc) is 2.85. The predicted molar refractivity (Wildman–Crippen MR) is 130 cm³/mol. The monoisotopic (exact) mass is 434 g/mol. The molecule has 0 aliphatic rings. The van der Waals surface area contributed by atoms with E-state index in [-0.39, 0.29) is 11.5 Å². The Bertz CT molecular complexity index is 1490. The van der Waals surface area contributed by atoms with Gasteiger partial charge in [0.05, 0.1) is 0 Å². The third-order valence-electron chi connectivity index (χ3n) is 5.98. The van der Waals surface area contributed by atoms with Crippen LogP contribution in [-0.2, 0) is 10.4 Å². The highest BCUT2D eigenvalue weighted by atomic mass is 16.6. The first-order valence-corrected chi connectivity index (χ1v) is 10.7. The maximum Gasteiger partial charge on any atom is 0.347 e. The summed E-state index contributed by atoms with van der Waals surface area (Å²) in [7, 11) is 0. The minimum Gasteiger partial charge on any atom is -0.507 e. The van der Waals surface area contributed by atoms with Crippen molar-refractivity contribution in [2.24, 2.45) is 0 Å². The molecule has 0 saturated heterocycles. The number of aliphatic hydroxyl groups is 1. The maximum absolute atomic E-state index is 13.2. The van der Waals surface area contributed by atoms with Crippen molar-refractivity contribution in [1.82, 2.24) is 0 Å². The van der Waals surface area contributed by atoms with Gasteiger partial charge in [-0.2, -0.15) is 0 Å². The quantitative estimate of drug-likeness (QED) is 0.262. The molecular weight excluding hydrogens is 412 g/mol. The fourth-order valence-corrected chi connectivity index (χ4v) is 4.20. The van der Waals surface area contributed by atoms with E-state index < -0.39 is 11.6 Å². The lowest BCUT2D eigenvalue weighted by atomic mass is 9.92. The zero-order valence-electron chi connectivity index (χ0n) is 18.0. The molecule has 162 valence electrons. The van der Waals surface area contributed by atoms with Crippen LogP contribution in [0.3, 0.4) is 0 Å². The van der Waals surface area contributed by atoms with Crippen molar-refractivity contribution < 1.29 is 19.7 Å². The van der Waals surface area contributed by atoms with Crippen LogP contribution in [0.15, 0.2) is 103 Å². The molecule has 0 aromatic heterocycles. The van der Waals surface area contributed by atoms with Crippen LogP contribution in [-0.4, -0.2) is 16.2 Å². The van der Waals surface area contributed by atoms with Crippen LogP contribution in [0, 0.1) is 0 Å². The van der Waals surface area contributed by atoms with Gasteiger partial charge in [0.1, 0.15) is 11.5 Å². The van der Waals surface area contributed by atoms with E-state index in [2.05, 4.69) is 0 Å². The molecule has 4 heteroatoms. The summed E-state index contributed by atoms with van der Waals surface area (Å²) < 4.78 is 5.83. The van der Waals surface area contributed by atoms with E-state index in [1.165, 1.54) is 6.92 Å². The van der Waals surface area contributed by atoms with Crippen LogP contribution in [0.5, 0.6) is 11.5 Å². The molecule has 5 aromatic carbocycles. The van der Waals surface area contributed by atoms with Crippen LogP contribution in [0.4, 0.5) is 0 Å². The van der Waals surface area contributed by atoms with E-state index in [1.54, 1.807) is 36.4 Å². The molecule has 0 aliphatic heterocycles. The zero-order chi connectivity index (χ0) is 23.0. The summed E-state index contributed by atoms with van der Waals surface area (Å²) in [6.07, 6.45) is 0. The molecule has 0 aliphatic carbocycles. The molecule has 0 saturated carbocycles. The number of phenols is 1. The first-order chi connectivity index (χ1) is 16.0. The van der Waals surface area contributed by atoms with Crippen LogP contribution < -0.4 is 4.74 Å². The van der Waals surface area contributed by atoms with E-state index >= 15 is 0 Å². The molecule has 1 atom stereocenters. The Morgan fingerprint density at radius 3 is 1.91 bits per heavy atom. The molecule has 0 fully saturated rings. The van der Waals surface area contributed by atoms with E-state index in [9.17, 15) is 15.0 Å². The van der Waals surface area contributed by atoms with Crippen LogP contribution in [0.2, 0.25) is 0 Å². The summed E-state index contributed by atoms with van der Waals surface area (Å²) in [6.45, 7) is 1.42. The fraction of sp³-hybridized carbons (Fsp3) is 0.0690. The van der Waals surface area contributed by atoms with Crippen LogP contribution in [0.1, 0.15) is 12.5 Å². The Hall–Kier alpha value is -4.15. The number of carbonyl (C=O) groups is 1. The van der Waals surface area contributed by atoms with Crippen LogP contribution >= 0.6 is 0 Å². The molecule has 2 N–H and O–H groups in total. The second-order valence-corrected chi connectivity index (χ2v) is 8.17. The first-order valence-electron chi connectivity index (χ1n) is 10.7. The fourth-order valence-electron chi connectivity index (χ4n) is 4.20. The molecular formula is C29H22O4. The van der Waals surface area contributed by atoms with Crippen LogP contribution in [0.25, 0.3) is 32.7 Å². The van der Waals surface area contributed by atoms with Crippen molar-refractivity contribution in [3.8, 4) is 22.6 Å². The Morgan fingerprint density at radius 2 is 1.24 bits per heavy atom. The van der Waals surface area contributed by atoms with Gasteiger partial charge in [-0.25, -0.2) is 4.79 Å². The highest BCUT2D eigenvalue weighted by Gasteiger charge is 2.35. The van der Waals surface area contributed by atoms with E-state index in [4.69, 9.17) is 4.74 Å². The van der Waals surface area contributed by atoms with Crippen molar-refractivity contribution in [3.63, 3.8) is 0 Å². The molecule has 0 spiro atoms. The molecule has 0 heterocycles. The average molecular weight is 434 g/mol. The number of hydrogen-bond acceptors (Lipinski definition) is 4. The number of fused-ring (bicyclic) bond motifs is 2. The van der Waals surface area contributed by atoms with Gasteiger partial charge in [0.15, 0.2) is 5.60 Å². The number of carbonyl (C=O) groups excluding carboxylic acids is 1. The normalized spacial score (nSPS) is 13.0. The number of hydrogen-bond donors (Lipinski definition) is 2. The maximum atomic E-state index is 13.2. The Morgan fingerprint density at radius 1 is 0.697 bits per heavy atom. The topological polar surface area (TPSA) is 66.8 Å². The number of phenolic OH excluding ortho intramolecular Hbond substituents is 1. The van der Waals surface area contributed by atoms with Crippen molar-refractivity contribution in [3.05, 3.63) is 109 Å². The molecule has 0 radical (unpaired) electrons. The van der Waals surface area contributed by atoms with Gasteiger partial charge in [0.2, 0.25) is 0 Å². The third kappa shape index (κ3) is 3.60. The van der Waals surface area contributed by atoms with E-state index in [1.807, 2.05) is 66.7 Å². The summed E-state index contributed by atoms with van der Waals surface area (Å²) in [6, 6.07) is 31.2. The molecule has 0 unspecified atom stereocenters.